The third-order valence-corrected chi connectivity index (χ3v) is 3.99. The molecule has 0 atom stereocenters. The van der Waals surface area contributed by atoms with Gasteiger partial charge in [0.05, 0.1) is 0 Å². The van der Waals surface area contributed by atoms with Crippen LogP contribution in [0.5, 0.6) is 0 Å². The Morgan fingerprint density at radius 1 is 1.25 bits per heavy atom. The number of rotatable bonds is 3. The van der Waals surface area contributed by atoms with E-state index in [2.05, 4.69) is 46.4 Å². The maximum absolute atomic E-state index is 3.69. The summed E-state index contributed by atoms with van der Waals surface area (Å²) in [5, 5.41) is 3.69. The van der Waals surface area contributed by atoms with Crippen molar-refractivity contribution in [1.29, 1.82) is 0 Å². The Balaban J connectivity index is 1.90. The van der Waals surface area contributed by atoms with Crippen molar-refractivity contribution in [3.8, 4) is 0 Å². The lowest BCUT2D eigenvalue weighted by atomic mass is 9.95. The van der Waals surface area contributed by atoms with Crippen LogP contribution in [-0.2, 0) is 6.54 Å². The molecule has 1 aromatic rings. The van der Waals surface area contributed by atoms with E-state index in [4.69, 9.17) is 0 Å². The van der Waals surface area contributed by atoms with E-state index in [0.29, 0.717) is 0 Å². The van der Waals surface area contributed by atoms with Crippen molar-refractivity contribution in [2.45, 2.75) is 51.6 Å². The highest BCUT2D eigenvalue weighted by molar-refractivity contribution is 9.10. The first-order chi connectivity index (χ1) is 7.75. The first-order valence-electron chi connectivity index (χ1n) is 6.24. The number of halogens is 1. The van der Waals surface area contributed by atoms with Gasteiger partial charge in [0.15, 0.2) is 0 Å². The van der Waals surface area contributed by atoms with Gasteiger partial charge in [-0.25, -0.2) is 0 Å². The van der Waals surface area contributed by atoms with Crippen molar-refractivity contribution >= 4 is 15.9 Å². The number of hydrogen-bond donors (Lipinski definition) is 1. The summed E-state index contributed by atoms with van der Waals surface area (Å²) in [6.07, 6.45) is 6.93. The maximum atomic E-state index is 3.69. The Morgan fingerprint density at radius 2 is 2.00 bits per heavy atom. The molecule has 2 heteroatoms. The van der Waals surface area contributed by atoms with Crippen molar-refractivity contribution < 1.29 is 0 Å². The molecule has 0 heterocycles. The first kappa shape index (κ1) is 12.1. The molecular weight excluding hydrogens is 262 g/mol. The molecule has 0 saturated heterocycles. The molecule has 0 unspecified atom stereocenters. The highest BCUT2D eigenvalue weighted by atomic mass is 79.9. The zero-order valence-electron chi connectivity index (χ0n) is 9.93. The number of nitrogens with one attached hydrogen (secondary N) is 1. The van der Waals surface area contributed by atoms with Crippen molar-refractivity contribution in [1.82, 2.24) is 5.32 Å². The van der Waals surface area contributed by atoms with Crippen molar-refractivity contribution in [3.05, 3.63) is 33.8 Å². The molecule has 1 saturated carbocycles. The van der Waals surface area contributed by atoms with Crippen LogP contribution in [-0.4, -0.2) is 6.04 Å². The van der Waals surface area contributed by atoms with Gasteiger partial charge in [-0.1, -0.05) is 41.3 Å². The van der Waals surface area contributed by atoms with Crippen LogP contribution in [0.25, 0.3) is 0 Å². The van der Waals surface area contributed by atoms with Crippen LogP contribution < -0.4 is 5.32 Å². The summed E-state index contributed by atoms with van der Waals surface area (Å²) < 4.78 is 1.18. The molecule has 0 aliphatic heterocycles. The van der Waals surface area contributed by atoms with Crippen LogP contribution >= 0.6 is 15.9 Å². The molecule has 0 aromatic heterocycles. The Morgan fingerprint density at radius 3 is 2.75 bits per heavy atom. The summed E-state index contributed by atoms with van der Waals surface area (Å²) >= 11 is 3.53. The summed E-state index contributed by atoms with van der Waals surface area (Å²) in [6.45, 7) is 3.19. The fraction of sp³-hybridized carbons (Fsp3) is 0.571. The van der Waals surface area contributed by atoms with Gasteiger partial charge in [0.25, 0.3) is 0 Å². The van der Waals surface area contributed by atoms with Gasteiger partial charge < -0.3 is 5.32 Å². The summed E-state index contributed by atoms with van der Waals surface area (Å²) in [4.78, 5) is 0. The van der Waals surface area contributed by atoms with Crippen LogP contribution in [0, 0.1) is 6.92 Å². The summed E-state index contributed by atoms with van der Waals surface area (Å²) in [5.74, 6) is 0. The molecule has 1 aromatic carbocycles. The van der Waals surface area contributed by atoms with Gasteiger partial charge in [-0.15, -0.1) is 0 Å². The van der Waals surface area contributed by atoms with Gasteiger partial charge in [-0.05, 0) is 43.0 Å². The molecule has 1 N–H and O–H groups in total. The third kappa shape index (κ3) is 3.33. The minimum atomic E-state index is 0.743. The van der Waals surface area contributed by atoms with Gasteiger partial charge in [-0.2, -0.15) is 0 Å². The van der Waals surface area contributed by atoms with Gasteiger partial charge in [0.1, 0.15) is 0 Å². The standard InChI is InChI=1S/C14H20BrN/c1-11-7-8-13(15)9-12(11)10-16-14-5-3-2-4-6-14/h7-9,14,16H,2-6,10H2,1H3. The molecule has 1 aliphatic carbocycles. The smallest absolute Gasteiger partial charge is 0.0211 e. The maximum Gasteiger partial charge on any atom is 0.0211 e. The molecule has 88 valence electrons. The van der Waals surface area contributed by atoms with Crippen molar-refractivity contribution in [2.75, 3.05) is 0 Å². The fourth-order valence-electron chi connectivity index (χ4n) is 2.39. The predicted molar refractivity (Wildman–Crippen MR) is 72.6 cm³/mol. The lowest BCUT2D eigenvalue weighted by Crippen LogP contribution is -2.30. The molecule has 16 heavy (non-hydrogen) atoms. The van der Waals surface area contributed by atoms with Crippen molar-refractivity contribution in [3.63, 3.8) is 0 Å². The third-order valence-electron chi connectivity index (χ3n) is 3.50. The first-order valence-corrected chi connectivity index (χ1v) is 7.03. The lowest BCUT2D eigenvalue weighted by molar-refractivity contribution is 0.372. The molecule has 0 amide bonds. The van der Waals surface area contributed by atoms with E-state index in [9.17, 15) is 0 Å². The molecule has 0 spiro atoms. The average molecular weight is 282 g/mol. The summed E-state index contributed by atoms with van der Waals surface area (Å²) in [5.41, 5.74) is 2.80. The van der Waals surface area contributed by atoms with E-state index >= 15 is 0 Å². The molecule has 0 bridgehead atoms. The minimum Gasteiger partial charge on any atom is -0.310 e. The van der Waals surface area contributed by atoms with Gasteiger partial charge in [0, 0.05) is 17.1 Å². The Kier molecular flexibility index (Phi) is 4.42. The van der Waals surface area contributed by atoms with E-state index in [0.717, 1.165) is 12.6 Å². The van der Waals surface area contributed by atoms with E-state index in [-0.39, 0.29) is 0 Å². The van der Waals surface area contributed by atoms with Gasteiger partial charge in [0.2, 0.25) is 0 Å². The summed E-state index contributed by atoms with van der Waals surface area (Å²) in [6, 6.07) is 7.26. The lowest BCUT2D eigenvalue weighted by Gasteiger charge is -2.23. The number of benzene rings is 1. The Labute approximate surface area is 107 Å². The topological polar surface area (TPSA) is 12.0 Å². The SMILES string of the molecule is Cc1ccc(Br)cc1CNC1CCCCC1. The minimum absolute atomic E-state index is 0.743. The Hall–Kier alpha value is -0.340. The van der Waals surface area contributed by atoms with Gasteiger partial charge in [-0.3, -0.25) is 0 Å². The van der Waals surface area contributed by atoms with Crippen LogP contribution in [0.2, 0.25) is 0 Å². The zero-order valence-corrected chi connectivity index (χ0v) is 11.5. The molecule has 0 radical (unpaired) electrons. The molecule has 1 nitrogen and oxygen atoms in total. The fourth-order valence-corrected chi connectivity index (χ4v) is 2.80. The molecule has 2 rings (SSSR count). The number of aryl methyl sites for hydroxylation is 1. The van der Waals surface area contributed by atoms with Gasteiger partial charge >= 0.3 is 0 Å². The van der Waals surface area contributed by atoms with E-state index in [1.807, 2.05) is 0 Å². The highest BCUT2D eigenvalue weighted by Crippen LogP contribution is 2.19. The molecule has 1 aliphatic rings. The molecular formula is C14H20BrN. The van der Waals surface area contributed by atoms with E-state index < -0.39 is 0 Å². The molecule has 1 fully saturated rings. The van der Waals surface area contributed by atoms with Crippen molar-refractivity contribution in [2.24, 2.45) is 0 Å². The van der Waals surface area contributed by atoms with E-state index in [1.165, 1.54) is 47.7 Å². The predicted octanol–water partition coefficient (Wildman–Crippen LogP) is 4.18. The summed E-state index contributed by atoms with van der Waals surface area (Å²) in [7, 11) is 0. The van der Waals surface area contributed by atoms with E-state index in [1.54, 1.807) is 0 Å². The van der Waals surface area contributed by atoms with Crippen LogP contribution in [0.4, 0.5) is 0 Å². The average Bonchev–Trinajstić information content (AvgIpc) is 2.32. The van der Waals surface area contributed by atoms with Crippen LogP contribution in [0.1, 0.15) is 43.2 Å². The number of hydrogen-bond acceptors (Lipinski definition) is 1. The van der Waals surface area contributed by atoms with Crippen LogP contribution in [0.3, 0.4) is 0 Å². The largest absolute Gasteiger partial charge is 0.310 e. The monoisotopic (exact) mass is 281 g/mol. The van der Waals surface area contributed by atoms with Crippen LogP contribution in [0.15, 0.2) is 22.7 Å². The normalized spacial score (nSPS) is 17.6. The second kappa shape index (κ2) is 5.83. The Bertz CT molecular complexity index is 343. The highest BCUT2D eigenvalue weighted by Gasteiger charge is 2.12. The quantitative estimate of drug-likeness (QED) is 0.877. The second-order valence-corrected chi connectivity index (χ2v) is 5.70. The zero-order chi connectivity index (χ0) is 11.4. The second-order valence-electron chi connectivity index (χ2n) is 4.79.